The summed E-state index contributed by atoms with van der Waals surface area (Å²) in [5, 5.41) is 0. The van der Waals surface area contributed by atoms with E-state index in [2.05, 4.69) is 267 Å². The first-order valence-electron chi connectivity index (χ1n) is 22.8. The Morgan fingerprint density at radius 1 is 0.246 bits per heavy atom. The molecule has 10 aromatic carbocycles. The highest BCUT2D eigenvalue weighted by Crippen LogP contribution is 2.63. The average Bonchev–Trinajstić information content (AvgIpc) is 3.68. The Kier molecular flexibility index (Phi) is 9.14. The van der Waals surface area contributed by atoms with E-state index in [9.17, 15) is 0 Å². The van der Waals surface area contributed by atoms with Crippen LogP contribution in [0.5, 0.6) is 0 Å². The summed E-state index contributed by atoms with van der Waals surface area (Å²) >= 11 is 0. The van der Waals surface area contributed by atoms with Crippen molar-refractivity contribution in [3.05, 3.63) is 282 Å². The molecule has 0 N–H and O–H groups in total. The van der Waals surface area contributed by atoms with Gasteiger partial charge < -0.3 is 4.90 Å². The molecular formula is C64H47N. The van der Waals surface area contributed by atoms with Gasteiger partial charge in [-0.1, -0.05) is 226 Å². The van der Waals surface area contributed by atoms with Crippen LogP contribution >= 0.6 is 0 Å². The molecule has 0 atom stereocenters. The first-order valence-corrected chi connectivity index (χ1v) is 22.8. The molecule has 12 rings (SSSR count). The SMILES string of the molecule is CC1(C)c2ccccc2C2(c3ccccc3-c3c(-c4ccc(-c5ccc(N(c6ccc(-c7ccccc7)cc6)c6ccc(-c7ccccc7)cc6)cc5)cc4)cccc32)c2ccccc21. The van der Waals surface area contributed by atoms with Crippen molar-refractivity contribution in [3.8, 4) is 55.6 Å². The summed E-state index contributed by atoms with van der Waals surface area (Å²) in [5.74, 6) is 0. The van der Waals surface area contributed by atoms with E-state index in [0.29, 0.717) is 0 Å². The average molecular weight is 830 g/mol. The number of rotatable bonds is 7. The minimum absolute atomic E-state index is 0.123. The van der Waals surface area contributed by atoms with Crippen molar-refractivity contribution in [2.24, 2.45) is 0 Å². The van der Waals surface area contributed by atoms with Crippen molar-refractivity contribution < 1.29 is 0 Å². The highest BCUT2D eigenvalue weighted by atomic mass is 15.1. The van der Waals surface area contributed by atoms with E-state index >= 15 is 0 Å². The zero-order valence-electron chi connectivity index (χ0n) is 36.6. The van der Waals surface area contributed by atoms with Crippen LogP contribution < -0.4 is 4.90 Å². The Hall–Kier alpha value is -8.00. The van der Waals surface area contributed by atoms with Gasteiger partial charge in [0.15, 0.2) is 0 Å². The molecule has 0 bridgehead atoms. The maximum absolute atomic E-state index is 2.39. The first-order chi connectivity index (χ1) is 32.0. The smallest absolute Gasteiger partial charge is 0.0719 e. The molecule has 0 amide bonds. The van der Waals surface area contributed by atoms with Crippen LogP contribution in [-0.4, -0.2) is 0 Å². The summed E-state index contributed by atoms with van der Waals surface area (Å²) in [5.41, 5.74) is 23.4. The largest absolute Gasteiger partial charge is 0.311 e. The Morgan fingerprint density at radius 3 is 1.03 bits per heavy atom. The Balaban J connectivity index is 0.908. The zero-order valence-corrected chi connectivity index (χ0v) is 36.6. The second kappa shape index (κ2) is 15.4. The Morgan fingerprint density at radius 2 is 0.569 bits per heavy atom. The van der Waals surface area contributed by atoms with Gasteiger partial charge in [-0.3, -0.25) is 0 Å². The van der Waals surface area contributed by atoms with Crippen LogP contribution in [0.4, 0.5) is 17.1 Å². The lowest BCUT2D eigenvalue weighted by Gasteiger charge is -2.46. The molecule has 1 nitrogen and oxygen atoms in total. The molecule has 10 aromatic rings. The van der Waals surface area contributed by atoms with Gasteiger partial charge in [0.2, 0.25) is 0 Å². The molecule has 0 fully saturated rings. The fraction of sp³-hybridized carbons (Fsp3) is 0.0625. The maximum Gasteiger partial charge on any atom is 0.0719 e. The van der Waals surface area contributed by atoms with Crippen LogP contribution in [0.3, 0.4) is 0 Å². The second-order valence-electron chi connectivity index (χ2n) is 18.0. The third kappa shape index (κ3) is 6.15. The van der Waals surface area contributed by atoms with E-state index < -0.39 is 5.41 Å². The standard InChI is InChI=1S/C64H47N/c1-63(2)57-23-11-13-25-59(57)64(60-26-14-12-24-58(60)63)56-22-10-9-20-55(56)62-54(21-15-27-61(62)64)50-30-28-46(29-31-50)49-36-42-53(43-37-49)65(51-38-32-47(33-39-51)44-16-5-3-6-17-44)52-40-34-48(35-41-52)45-18-7-4-8-19-45/h3-43H,1-2H3. The predicted molar refractivity (Wildman–Crippen MR) is 272 cm³/mol. The van der Waals surface area contributed by atoms with E-state index in [-0.39, 0.29) is 5.41 Å². The number of hydrogen-bond donors (Lipinski definition) is 0. The molecule has 65 heavy (non-hydrogen) atoms. The molecule has 0 aliphatic heterocycles. The summed E-state index contributed by atoms with van der Waals surface area (Å²) in [6, 6.07) is 91.6. The topological polar surface area (TPSA) is 3.24 Å². The van der Waals surface area contributed by atoms with Crippen LogP contribution in [-0.2, 0) is 10.8 Å². The van der Waals surface area contributed by atoms with Gasteiger partial charge in [-0.05, 0) is 125 Å². The van der Waals surface area contributed by atoms with Crippen molar-refractivity contribution in [2.75, 3.05) is 4.90 Å². The van der Waals surface area contributed by atoms with Crippen molar-refractivity contribution in [1.29, 1.82) is 0 Å². The number of fused-ring (bicyclic) bond motifs is 9. The van der Waals surface area contributed by atoms with Gasteiger partial charge in [-0.2, -0.15) is 0 Å². The van der Waals surface area contributed by atoms with Gasteiger partial charge in [0, 0.05) is 22.5 Å². The monoisotopic (exact) mass is 829 g/mol. The minimum Gasteiger partial charge on any atom is -0.311 e. The van der Waals surface area contributed by atoms with Gasteiger partial charge in [-0.25, -0.2) is 0 Å². The van der Waals surface area contributed by atoms with Crippen molar-refractivity contribution in [3.63, 3.8) is 0 Å². The van der Waals surface area contributed by atoms with Crippen molar-refractivity contribution >= 4 is 17.1 Å². The third-order valence-corrected chi connectivity index (χ3v) is 14.2. The summed E-state index contributed by atoms with van der Waals surface area (Å²) in [6.45, 7) is 4.77. The fourth-order valence-corrected chi connectivity index (χ4v) is 11.1. The number of nitrogens with zero attached hydrogens (tertiary/aromatic N) is 1. The van der Waals surface area contributed by atoms with Crippen LogP contribution in [0.1, 0.15) is 47.2 Å². The fourth-order valence-electron chi connectivity index (χ4n) is 11.1. The lowest BCUT2D eigenvalue weighted by atomic mass is 9.55. The van der Waals surface area contributed by atoms with Gasteiger partial charge in [-0.15, -0.1) is 0 Å². The third-order valence-electron chi connectivity index (χ3n) is 14.2. The molecule has 0 aromatic heterocycles. The van der Waals surface area contributed by atoms with Crippen LogP contribution in [0.15, 0.2) is 249 Å². The minimum atomic E-state index is -0.409. The van der Waals surface area contributed by atoms with Gasteiger partial charge in [0.1, 0.15) is 0 Å². The summed E-state index contributed by atoms with van der Waals surface area (Å²) in [7, 11) is 0. The lowest BCUT2D eigenvalue weighted by Crippen LogP contribution is -2.40. The summed E-state index contributed by atoms with van der Waals surface area (Å²) in [4.78, 5) is 2.35. The summed E-state index contributed by atoms with van der Waals surface area (Å²) < 4.78 is 0. The highest BCUT2D eigenvalue weighted by Gasteiger charge is 2.53. The molecule has 308 valence electrons. The lowest BCUT2D eigenvalue weighted by molar-refractivity contribution is 0.563. The van der Waals surface area contributed by atoms with Gasteiger partial charge in [0.25, 0.3) is 0 Å². The van der Waals surface area contributed by atoms with Crippen LogP contribution in [0, 0.1) is 0 Å². The Bertz CT molecular complexity index is 3210. The molecular weight excluding hydrogens is 783 g/mol. The molecule has 0 saturated heterocycles. The number of benzene rings is 10. The molecule has 0 saturated carbocycles. The zero-order chi connectivity index (χ0) is 43.5. The van der Waals surface area contributed by atoms with Crippen molar-refractivity contribution in [1.82, 2.24) is 0 Å². The molecule has 0 heterocycles. The van der Waals surface area contributed by atoms with Gasteiger partial charge in [0.05, 0.1) is 5.41 Å². The van der Waals surface area contributed by atoms with E-state index in [0.717, 1.165) is 17.1 Å². The first kappa shape index (κ1) is 38.7. The quantitative estimate of drug-likeness (QED) is 0.155. The predicted octanol–water partition coefficient (Wildman–Crippen LogP) is 16.8. The Labute approximate surface area is 382 Å². The van der Waals surface area contributed by atoms with Crippen molar-refractivity contribution in [2.45, 2.75) is 24.7 Å². The molecule has 2 aliphatic carbocycles. The van der Waals surface area contributed by atoms with Gasteiger partial charge >= 0.3 is 0 Å². The number of anilines is 3. The molecule has 1 heteroatoms. The van der Waals surface area contributed by atoms with E-state index in [4.69, 9.17) is 0 Å². The highest BCUT2D eigenvalue weighted by molar-refractivity contribution is 5.97. The number of hydrogen-bond acceptors (Lipinski definition) is 1. The molecule has 2 aliphatic rings. The normalized spacial score (nSPS) is 13.6. The second-order valence-corrected chi connectivity index (χ2v) is 18.0. The van der Waals surface area contributed by atoms with Crippen LogP contribution in [0.2, 0.25) is 0 Å². The van der Waals surface area contributed by atoms with E-state index in [1.807, 2.05) is 0 Å². The van der Waals surface area contributed by atoms with E-state index in [1.165, 1.54) is 89.0 Å². The maximum atomic E-state index is 2.39. The van der Waals surface area contributed by atoms with E-state index in [1.54, 1.807) is 0 Å². The molecule has 0 radical (unpaired) electrons. The summed E-state index contributed by atoms with van der Waals surface area (Å²) in [6.07, 6.45) is 0. The molecule has 1 spiro atoms. The van der Waals surface area contributed by atoms with Crippen LogP contribution in [0.25, 0.3) is 55.6 Å². The molecule has 0 unspecified atom stereocenters.